The molecule has 0 bridgehead atoms. The minimum absolute atomic E-state index is 0.235. The molecule has 2 N–H and O–H groups in total. The molecule has 0 saturated carbocycles. The Kier molecular flexibility index (Phi) is 10.7. The van der Waals surface area contributed by atoms with Crippen LogP contribution in [-0.4, -0.2) is 32.5 Å². The first kappa shape index (κ1) is 30.8. The fraction of sp³-hybridized carbons (Fsp3) is 0.314. The van der Waals surface area contributed by atoms with E-state index in [9.17, 15) is 15.0 Å². The van der Waals surface area contributed by atoms with Gasteiger partial charge < -0.3 is 10.2 Å². The van der Waals surface area contributed by atoms with Crippen molar-refractivity contribution in [2.45, 2.75) is 63.2 Å². The normalized spacial score (nSPS) is 13.5. The van der Waals surface area contributed by atoms with Crippen LogP contribution in [0.15, 0.2) is 78.9 Å². The monoisotopic (exact) mass is 587 g/mol. The molecule has 0 fully saturated rings. The van der Waals surface area contributed by atoms with Gasteiger partial charge >= 0.3 is 5.97 Å². The van der Waals surface area contributed by atoms with Crippen molar-refractivity contribution in [3.8, 4) is 0 Å². The fourth-order valence-electron chi connectivity index (χ4n) is 4.92. The highest BCUT2D eigenvalue weighted by molar-refractivity contribution is 7.99. The van der Waals surface area contributed by atoms with Gasteiger partial charge in [0.1, 0.15) is 0 Å². The summed E-state index contributed by atoms with van der Waals surface area (Å²) in [5.74, 6) is -0.415. The maximum Gasteiger partial charge on any atom is 0.310 e. The highest BCUT2D eigenvalue weighted by atomic mass is 35.5. The number of aliphatic carboxylic acids is 1. The van der Waals surface area contributed by atoms with Gasteiger partial charge in [-0.2, -0.15) is 11.8 Å². The van der Waals surface area contributed by atoms with Crippen molar-refractivity contribution in [3.05, 3.63) is 112 Å². The van der Waals surface area contributed by atoms with E-state index in [4.69, 9.17) is 16.6 Å². The molecule has 0 aliphatic heterocycles. The number of rotatable bonds is 13. The van der Waals surface area contributed by atoms with Crippen LogP contribution in [0.1, 0.15) is 79.1 Å². The molecule has 0 aliphatic rings. The van der Waals surface area contributed by atoms with E-state index in [-0.39, 0.29) is 5.25 Å². The summed E-state index contributed by atoms with van der Waals surface area (Å²) >= 11 is 8.07. The lowest BCUT2D eigenvalue weighted by Gasteiger charge is -2.21. The smallest absolute Gasteiger partial charge is 0.310 e. The number of benzene rings is 3. The molecule has 41 heavy (non-hydrogen) atoms. The third-order valence-electron chi connectivity index (χ3n) is 7.22. The summed E-state index contributed by atoms with van der Waals surface area (Å²) in [6.45, 7) is 5.45. The van der Waals surface area contributed by atoms with Gasteiger partial charge in [-0.25, -0.2) is 4.98 Å². The summed E-state index contributed by atoms with van der Waals surface area (Å²) in [6, 6.07) is 26.3. The SMILES string of the molecule is CC(C(=O)O)c1ccccc1CC[C@H](SCCCC(C)(C)O)c1cccc(C=Cc2ccc3ccc(Cl)cc3n2)c1. The second kappa shape index (κ2) is 14.2. The molecule has 1 heterocycles. The molecular formula is C35H38ClNO3S. The number of nitrogens with zero attached hydrogens (tertiary/aromatic N) is 1. The maximum atomic E-state index is 11.7. The van der Waals surface area contributed by atoms with E-state index >= 15 is 0 Å². The van der Waals surface area contributed by atoms with Gasteiger partial charge in [-0.05, 0) is 98.7 Å². The number of pyridine rings is 1. The molecule has 0 amide bonds. The van der Waals surface area contributed by atoms with Gasteiger partial charge in [-0.1, -0.05) is 78.3 Å². The number of aromatic nitrogens is 1. The number of fused-ring (bicyclic) bond motifs is 1. The van der Waals surface area contributed by atoms with Crippen LogP contribution in [0.3, 0.4) is 0 Å². The van der Waals surface area contributed by atoms with Crippen LogP contribution in [0.2, 0.25) is 5.02 Å². The first-order chi connectivity index (χ1) is 19.6. The Hall–Kier alpha value is -3.12. The number of halogens is 1. The predicted octanol–water partition coefficient (Wildman–Crippen LogP) is 9.20. The zero-order chi connectivity index (χ0) is 29.4. The number of carboxylic acid groups (broad SMARTS) is 1. The molecular weight excluding hydrogens is 550 g/mol. The standard InChI is InChI=1S/C35H38ClNO3S/c1-24(34(38)39)31-11-5-4-9-26(31)15-19-33(41-21-7-20-35(2,3)40)28-10-6-8-25(22-28)12-17-30-18-14-27-13-16-29(36)23-32(27)37-30/h4-6,8-14,16-18,22-24,33,40H,7,15,19-21H2,1-3H3,(H,38,39)/t24?,33-/m0/s1. The summed E-state index contributed by atoms with van der Waals surface area (Å²) in [5.41, 5.74) is 5.37. The summed E-state index contributed by atoms with van der Waals surface area (Å²) in [6.07, 6.45) is 7.46. The first-order valence-corrected chi connectivity index (χ1v) is 15.5. The third-order valence-corrected chi connectivity index (χ3v) is 8.89. The average Bonchev–Trinajstić information content (AvgIpc) is 2.94. The van der Waals surface area contributed by atoms with Gasteiger partial charge in [0.25, 0.3) is 0 Å². The maximum absolute atomic E-state index is 11.7. The molecule has 1 aromatic heterocycles. The summed E-state index contributed by atoms with van der Waals surface area (Å²) in [4.78, 5) is 16.4. The highest BCUT2D eigenvalue weighted by Gasteiger charge is 2.19. The van der Waals surface area contributed by atoms with Crippen molar-refractivity contribution in [1.82, 2.24) is 4.98 Å². The van der Waals surface area contributed by atoms with E-state index in [2.05, 4.69) is 36.4 Å². The fourth-order valence-corrected chi connectivity index (χ4v) is 6.31. The van der Waals surface area contributed by atoms with E-state index in [1.165, 1.54) is 5.56 Å². The second-order valence-corrected chi connectivity index (χ2v) is 12.9. The third kappa shape index (κ3) is 9.19. The minimum Gasteiger partial charge on any atom is -0.481 e. The number of hydrogen-bond acceptors (Lipinski definition) is 4. The van der Waals surface area contributed by atoms with Crippen molar-refractivity contribution in [1.29, 1.82) is 0 Å². The second-order valence-electron chi connectivity index (χ2n) is 11.1. The molecule has 214 valence electrons. The van der Waals surface area contributed by atoms with Crippen molar-refractivity contribution in [3.63, 3.8) is 0 Å². The molecule has 0 spiro atoms. The van der Waals surface area contributed by atoms with E-state index in [0.717, 1.165) is 64.7 Å². The van der Waals surface area contributed by atoms with Gasteiger partial charge in [-0.3, -0.25) is 4.79 Å². The predicted molar refractivity (Wildman–Crippen MR) is 174 cm³/mol. The van der Waals surface area contributed by atoms with Crippen molar-refractivity contribution in [2.75, 3.05) is 5.75 Å². The molecule has 0 saturated heterocycles. The number of carboxylic acids is 1. The lowest BCUT2D eigenvalue weighted by atomic mass is 9.92. The Morgan fingerprint density at radius 3 is 2.59 bits per heavy atom. The Morgan fingerprint density at radius 1 is 1.02 bits per heavy atom. The molecule has 6 heteroatoms. The van der Waals surface area contributed by atoms with Gasteiger partial charge in [0.15, 0.2) is 0 Å². The Bertz CT molecular complexity index is 1510. The Morgan fingerprint density at radius 2 is 1.80 bits per heavy atom. The lowest BCUT2D eigenvalue weighted by molar-refractivity contribution is -0.138. The van der Waals surface area contributed by atoms with Gasteiger partial charge in [0.05, 0.1) is 22.7 Å². The van der Waals surface area contributed by atoms with Crippen molar-refractivity contribution >= 4 is 52.4 Å². The molecule has 3 aromatic carbocycles. The van der Waals surface area contributed by atoms with Crippen LogP contribution in [0.4, 0.5) is 0 Å². The van der Waals surface area contributed by atoms with Crippen LogP contribution in [0, 0.1) is 0 Å². The lowest BCUT2D eigenvalue weighted by Crippen LogP contribution is -2.18. The molecule has 2 atom stereocenters. The molecule has 4 aromatic rings. The Balaban J connectivity index is 1.53. The number of aryl methyl sites for hydroxylation is 1. The number of hydrogen-bond donors (Lipinski definition) is 2. The number of thioether (sulfide) groups is 1. The summed E-state index contributed by atoms with van der Waals surface area (Å²) in [7, 11) is 0. The van der Waals surface area contributed by atoms with Gasteiger partial charge in [-0.15, -0.1) is 0 Å². The van der Waals surface area contributed by atoms with E-state index in [1.807, 2.05) is 80.2 Å². The van der Waals surface area contributed by atoms with Crippen LogP contribution in [0.5, 0.6) is 0 Å². The molecule has 4 nitrogen and oxygen atoms in total. The number of carbonyl (C=O) groups is 1. The molecule has 1 unspecified atom stereocenters. The van der Waals surface area contributed by atoms with E-state index < -0.39 is 17.5 Å². The van der Waals surface area contributed by atoms with Crippen LogP contribution in [0.25, 0.3) is 23.1 Å². The topological polar surface area (TPSA) is 70.4 Å². The highest BCUT2D eigenvalue weighted by Crippen LogP contribution is 2.36. The van der Waals surface area contributed by atoms with Crippen LogP contribution in [-0.2, 0) is 11.2 Å². The quantitative estimate of drug-likeness (QED) is 0.153. The molecule has 0 aliphatic carbocycles. The zero-order valence-electron chi connectivity index (χ0n) is 23.9. The summed E-state index contributed by atoms with van der Waals surface area (Å²) in [5, 5.41) is 21.7. The first-order valence-electron chi connectivity index (χ1n) is 14.1. The zero-order valence-corrected chi connectivity index (χ0v) is 25.5. The molecule has 4 rings (SSSR count). The van der Waals surface area contributed by atoms with E-state index in [1.54, 1.807) is 6.92 Å². The van der Waals surface area contributed by atoms with Gasteiger partial charge in [0, 0.05) is 15.7 Å². The van der Waals surface area contributed by atoms with Crippen molar-refractivity contribution < 1.29 is 15.0 Å². The number of aliphatic hydroxyl groups is 1. The minimum atomic E-state index is -0.807. The van der Waals surface area contributed by atoms with E-state index in [0.29, 0.717) is 5.02 Å². The molecule has 0 radical (unpaired) electrons. The Labute approximate surface area is 252 Å². The van der Waals surface area contributed by atoms with Crippen LogP contribution < -0.4 is 0 Å². The van der Waals surface area contributed by atoms with Gasteiger partial charge in [0.2, 0.25) is 0 Å². The largest absolute Gasteiger partial charge is 0.481 e. The average molecular weight is 588 g/mol. The van der Waals surface area contributed by atoms with Crippen molar-refractivity contribution in [2.24, 2.45) is 0 Å². The van der Waals surface area contributed by atoms with Crippen LogP contribution >= 0.6 is 23.4 Å². The summed E-state index contributed by atoms with van der Waals surface area (Å²) < 4.78 is 0.